The van der Waals surface area contributed by atoms with E-state index in [1.807, 2.05) is 42.5 Å². The van der Waals surface area contributed by atoms with E-state index in [9.17, 15) is 4.79 Å². The molecule has 0 unspecified atom stereocenters. The summed E-state index contributed by atoms with van der Waals surface area (Å²) in [6.07, 6.45) is 1.74. The molecule has 3 rings (SSSR count). The van der Waals surface area contributed by atoms with Crippen LogP contribution in [0.15, 0.2) is 48.8 Å². The third kappa shape index (κ3) is 2.12. The highest BCUT2D eigenvalue weighted by atomic mass is 16.1. The number of rotatable bonds is 3. The van der Waals surface area contributed by atoms with Crippen molar-refractivity contribution in [3.05, 3.63) is 60.2 Å². The zero-order valence-corrected chi connectivity index (χ0v) is 10.6. The second-order valence-electron chi connectivity index (χ2n) is 4.45. The summed E-state index contributed by atoms with van der Waals surface area (Å²) in [6.45, 7) is 0. The van der Waals surface area contributed by atoms with Crippen LogP contribution in [0.5, 0.6) is 0 Å². The van der Waals surface area contributed by atoms with Crippen molar-refractivity contribution in [2.24, 2.45) is 7.05 Å². The molecule has 1 heterocycles. The number of aryl methyl sites for hydroxylation is 1. The predicted octanol–water partition coefficient (Wildman–Crippen LogP) is 2.39. The van der Waals surface area contributed by atoms with Crippen molar-refractivity contribution in [3.63, 3.8) is 0 Å². The van der Waals surface area contributed by atoms with Crippen LogP contribution in [0.1, 0.15) is 16.2 Å². The van der Waals surface area contributed by atoms with Crippen LogP contribution < -0.4 is 0 Å². The van der Waals surface area contributed by atoms with E-state index in [0.717, 1.165) is 16.3 Å². The average molecular weight is 251 g/mol. The monoisotopic (exact) mass is 251 g/mol. The van der Waals surface area contributed by atoms with Crippen molar-refractivity contribution in [1.29, 1.82) is 0 Å². The quantitative estimate of drug-likeness (QED) is 0.671. The normalized spacial score (nSPS) is 10.8. The molecule has 3 aromatic rings. The maximum atomic E-state index is 12.2. The number of nitrogens with zero attached hydrogens (tertiary/aromatic N) is 3. The first-order valence-electron chi connectivity index (χ1n) is 6.09. The van der Waals surface area contributed by atoms with E-state index < -0.39 is 0 Å². The second kappa shape index (κ2) is 4.65. The Kier molecular flexibility index (Phi) is 2.83. The van der Waals surface area contributed by atoms with Gasteiger partial charge in [-0.05, 0) is 16.3 Å². The Hall–Kier alpha value is -2.49. The topological polar surface area (TPSA) is 47.8 Å². The zero-order valence-electron chi connectivity index (χ0n) is 10.6. The van der Waals surface area contributed by atoms with Gasteiger partial charge in [0.05, 0.1) is 0 Å². The van der Waals surface area contributed by atoms with Gasteiger partial charge in [-0.1, -0.05) is 42.5 Å². The summed E-state index contributed by atoms with van der Waals surface area (Å²) in [4.78, 5) is 16.2. The van der Waals surface area contributed by atoms with Gasteiger partial charge in [0.25, 0.3) is 0 Å². The second-order valence-corrected chi connectivity index (χ2v) is 4.45. The summed E-state index contributed by atoms with van der Waals surface area (Å²) in [5.41, 5.74) is 1.02. The Labute approximate surface area is 110 Å². The van der Waals surface area contributed by atoms with E-state index in [2.05, 4.69) is 10.1 Å². The highest BCUT2D eigenvalue weighted by molar-refractivity contribution is 5.97. The molecule has 0 amide bonds. The maximum absolute atomic E-state index is 12.2. The van der Waals surface area contributed by atoms with E-state index in [1.54, 1.807) is 7.05 Å². The van der Waals surface area contributed by atoms with Gasteiger partial charge in [-0.15, -0.1) is 0 Å². The van der Waals surface area contributed by atoms with Crippen molar-refractivity contribution in [3.8, 4) is 0 Å². The number of carbonyl (C=O) groups is 1. The third-order valence-corrected chi connectivity index (χ3v) is 3.19. The van der Waals surface area contributed by atoms with Crippen molar-refractivity contribution in [2.75, 3.05) is 0 Å². The lowest BCUT2D eigenvalue weighted by Gasteiger charge is -2.05. The SMILES string of the molecule is Cn1ncnc1C(=O)Cc1cccc2ccccc12. The van der Waals surface area contributed by atoms with E-state index in [4.69, 9.17) is 0 Å². The Morgan fingerprint density at radius 3 is 2.74 bits per heavy atom. The van der Waals surface area contributed by atoms with Gasteiger partial charge in [-0.25, -0.2) is 9.67 Å². The number of aromatic nitrogens is 3. The number of benzene rings is 2. The molecule has 0 aliphatic heterocycles. The smallest absolute Gasteiger partial charge is 0.204 e. The van der Waals surface area contributed by atoms with Crippen molar-refractivity contribution >= 4 is 16.6 Å². The van der Waals surface area contributed by atoms with E-state index in [1.165, 1.54) is 11.0 Å². The number of hydrogen-bond donors (Lipinski definition) is 0. The highest BCUT2D eigenvalue weighted by Crippen LogP contribution is 2.19. The zero-order chi connectivity index (χ0) is 13.2. The number of carbonyl (C=O) groups excluding carboxylic acids is 1. The Morgan fingerprint density at radius 2 is 1.95 bits per heavy atom. The lowest BCUT2D eigenvalue weighted by atomic mass is 10.0. The van der Waals surface area contributed by atoms with Crippen molar-refractivity contribution in [1.82, 2.24) is 14.8 Å². The molecule has 0 radical (unpaired) electrons. The molecule has 0 saturated carbocycles. The molecule has 0 fully saturated rings. The van der Waals surface area contributed by atoms with Crippen LogP contribution in [0.4, 0.5) is 0 Å². The van der Waals surface area contributed by atoms with Gasteiger partial charge >= 0.3 is 0 Å². The number of hydrogen-bond acceptors (Lipinski definition) is 3. The molecule has 19 heavy (non-hydrogen) atoms. The molecule has 2 aromatic carbocycles. The van der Waals surface area contributed by atoms with Gasteiger partial charge in [0.2, 0.25) is 5.78 Å². The standard InChI is InChI=1S/C15H13N3O/c1-18-15(16-10-17-18)14(19)9-12-7-4-6-11-5-2-3-8-13(11)12/h2-8,10H,9H2,1H3. The molecule has 4 heteroatoms. The molecular formula is C15H13N3O. The van der Waals surface area contributed by atoms with Crippen LogP contribution in [0.25, 0.3) is 10.8 Å². The lowest BCUT2D eigenvalue weighted by molar-refractivity contribution is 0.0979. The van der Waals surface area contributed by atoms with Gasteiger partial charge < -0.3 is 0 Å². The fraction of sp³-hybridized carbons (Fsp3) is 0.133. The highest BCUT2D eigenvalue weighted by Gasteiger charge is 2.13. The lowest BCUT2D eigenvalue weighted by Crippen LogP contribution is -2.11. The van der Waals surface area contributed by atoms with Crippen LogP contribution in [-0.4, -0.2) is 20.5 Å². The number of ketones is 1. The van der Waals surface area contributed by atoms with Crippen LogP contribution in [-0.2, 0) is 13.5 Å². The van der Waals surface area contributed by atoms with E-state index in [-0.39, 0.29) is 5.78 Å². The minimum absolute atomic E-state index is 0.0173. The fourth-order valence-electron chi connectivity index (χ4n) is 2.25. The largest absolute Gasteiger partial charge is 0.290 e. The molecule has 1 aromatic heterocycles. The molecular weight excluding hydrogens is 238 g/mol. The van der Waals surface area contributed by atoms with E-state index >= 15 is 0 Å². The molecule has 0 saturated heterocycles. The summed E-state index contributed by atoms with van der Waals surface area (Å²) in [7, 11) is 1.73. The average Bonchev–Trinajstić information content (AvgIpc) is 2.85. The predicted molar refractivity (Wildman–Crippen MR) is 73.0 cm³/mol. The Morgan fingerprint density at radius 1 is 1.16 bits per heavy atom. The molecule has 94 valence electrons. The minimum atomic E-state index is -0.0173. The first-order chi connectivity index (χ1) is 9.25. The van der Waals surface area contributed by atoms with Gasteiger partial charge in [0, 0.05) is 13.5 Å². The Balaban J connectivity index is 1.98. The van der Waals surface area contributed by atoms with Crippen LogP contribution in [0.3, 0.4) is 0 Å². The van der Waals surface area contributed by atoms with Gasteiger partial charge in [-0.2, -0.15) is 5.10 Å². The molecule has 0 atom stereocenters. The summed E-state index contributed by atoms with van der Waals surface area (Å²) < 4.78 is 1.51. The van der Waals surface area contributed by atoms with Crippen LogP contribution in [0, 0.1) is 0 Å². The molecule has 0 aliphatic rings. The first-order valence-corrected chi connectivity index (χ1v) is 6.09. The summed E-state index contributed by atoms with van der Waals surface area (Å²) in [6, 6.07) is 14.1. The summed E-state index contributed by atoms with van der Waals surface area (Å²) >= 11 is 0. The van der Waals surface area contributed by atoms with Crippen LogP contribution >= 0.6 is 0 Å². The first kappa shape index (κ1) is 11.6. The van der Waals surface area contributed by atoms with Gasteiger partial charge in [0.15, 0.2) is 5.82 Å². The van der Waals surface area contributed by atoms with Crippen LogP contribution in [0.2, 0.25) is 0 Å². The third-order valence-electron chi connectivity index (χ3n) is 3.19. The summed E-state index contributed by atoms with van der Waals surface area (Å²) in [5, 5.41) is 6.18. The van der Waals surface area contributed by atoms with E-state index in [0.29, 0.717) is 12.2 Å². The molecule has 0 bridgehead atoms. The van der Waals surface area contributed by atoms with Crippen molar-refractivity contribution < 1.29 is 4.79 Å². The van der Waals surface area contributed by atoms with Gasteiger partial charge in [0.1, 0.15) is 6.33 Å². The fourth-order valence-corrected chi connectivity index (χ4v) is 2.25. The summed E-state index contributed by atoms with van der Waals surface area (Å²) in [5.74, 6) is 0.379. The molecule has 0 N–H and O–H groups in total. The maximum Gasteiger partial charge on any atom is 0.204 e. The molecule has 0 spiro atoms. The minimum Gasteiger partial charge on any atom is -0.290 e. The molecule has 4 nitrogen and oxygen atoms in total. The molecule has 0 aliphatic carbocycles. The number of fused-ring (bicyclic) bond motifs is 1. The van der Waals surface area contributed by atoms with Gasteiger partial charge in [-0.3, -0.25) is 4.79 Å². The number of Topliss-reactive ketones (excluding diaryl/α,β-unsaturated/α-hetero) is 1. The van der Waals surface area contributed by atoms with Crippen molar-refractivity contribution in [2.45, 2.75) is 6.42 Å². The Bertz CT molecular complexity index is 740.